The molecule has 7 heteroatoms. The lowest BCUT2D eigenvalue weighted by atomic mass is 9.93. The Morgan fingerprint density at radius 2 is 2.19 bits per heavy atom. The molecule has 1 aliphatic carbocycles. The van der Waals surface area contributed by atoms with Crippen molar-refractivity contribution in [3.05, 3.63) is 53.1 Å². The second kappa shape index (κ2) is 7.68. The maximum atomic E-state index is 13.3. The van der Waals surface area contributed by atoms with Gasteiger partial charge in [0.2, 0.25) is 11.8 Å². The summed E-state index contributed by atoms with van der Waals surface area (Å²) in [7, 11) is 3.42. The third-order valence-electron chi connectivity index (χ3n) is 4.52. The van der Waals surface area contributed by atoms with Crippen molar-refractivity contribution in [3.63, 3.8) is 0 Å². The minimum absolute atomic E-state index is 0.0310. The highest BCUT2D eigenvalue weighted by Crippen LogP contribution is 2.28. The van der Waals surface area contributed by atoms with Crippen LogP contribution in [0.1, 0.15) is 35.7 Å². The average molecular weight is 358 g/mol. The summed E-state index contributed by atoms with van der Waals surface area (Å²) in [6.07, 6.45) is 4.67. The summed E-state index contributed by atoms with van der Waals surface area (Å²) in [6, 6.07) is 5.89. The molecule has 0 aliphatic heterocycles. The third kappa shape index (κ3) is 4.28. The predicted octanol–water partition coefficient (Wildman–Crippen LogP) is 1.85. The second-order valence-electron chi connectivity index (χ2n) is 6.84. The van der Waals surface area contributed by atoms with Crippen LogP contribution >= 0.6 is 0 Å². The van der Waals surface area contributed by atoms with E-state index in [2.05, 4.69) is 10.4 Å². The van der Waals surface area contributed by atoms with E-state index in [0.717, 1.165) is 30.5 Å². The van der Waals surface area contributed by atoms with Crippen LogP contribution in [0.4, 0.5) is 4.39 Å². The molecule has 1 aliphatic rings. The molecule has 0 spiro atoms. The maximum Gasteiger partial charge on any atom is 0.243 e. The molecule has 1 aromatic carbocycles. The monoisotopic (exact) mass is 358 g/mol. The summed E-state index contributed by atoms with van der Waals surface area (Å²) in [6.45, 7) is 0.184. The number of amides is 2. The first-order valence-electron chi connectivity index (χ1n) is 8.72. The Balaban J connectivity index is 1.68. The van der Waals surface area contributed by atoms with Gasteiger partial charge in [0.1, 0.15) is 12.4 Å². The van der Waals surface area contributed by atoms with Gasteiger partial charge in [-0.15, -0.1) is 0 Å². The molecule has 26 heavy (non-hydrogen) atoms. The molecule has 0 radical (unpaired) electrons. The molecule has 0 saturated heterocycles. The van der Waals surface area contributed by atoms with E-state index in [1.165, 1.54) is 17.0 Å². The first kappa shape index (κ1) is 18.1. The minimum Gasteiger partial charge on any atom is -0.347 e. The first-order valence-corrected chi connectivity index (χ1v) is 8.72. The summed E-state index contributed by atoms with van der Waals surface area (Å²) < 4.78 is 14.9. The summed E-state index contributed by atoms with van der Waals surface area (Å²) in [5, 5.41) is 7.52. The van der Waals surface area contributed by atoms with Gasteiger partial charge in [-0.3, -0.25) is 14.3 Å². The van der Waals surface area contributed by atoms with Gasteiger partial charge in [0.15, 0.2) is 0 Å². The molecule has 1 N–H and O–H groups in total. The van der Waals surface area contributed by atoms with Gasteiger partial charge in [-0.05, 0) is 42.5 Å². The lowest BCUT2D eigenvalue weighted by Crippen LogP contribution is -2.32. The van der Waals surface area contributed by atoms with Crippen molar-refractivity contribution in [1.82, 2.24) is 20.0 Å². The zero-order valence-electron chi connectivity index (χ0n) is 15.0. The molecular formula is C19H23FN4O2. The molecule has 1 atom stereocenters. The number of nitrogens with one attached hydrogen (secondary N) is 1. The van der Waals surface area contributed by atoms with Gasteiger partial charge < -0.3 is 10.2 Å². The highest BCUT2D eigenvalue weighted by molar-refractivity contribution is 5.79. The number of fused-ring (bicyclic) bond motifs is 1. The fourth-order valence-electron chi connectivity index (χ4n) is 3.18. The van der Waals surface area contributed by atoms with Crippen molar-refractivity contribution in [3.8, 4) is 0 Å². The molecule has 2 amide bonds. The van der Waals surface area contributed by atoms with Crippen molar-refractivity contribution in [2.24, 2.45) is 0 Å². The zero-order chi connectivity index (χ0) is 18.7. The molecule has 1 aromatic heterocycles. The number of hydrogen-bond donors (Lipinski definition) is 1. The van der Waals surface area contributed by atoms with Crippen LogP contribution in [0.15, 0.2) is 30.5 Å². The minimum atomic E-state index is -0.348. The van der Waals surface area contributed by atoms with Gasteiger partial charge in [-0.2, -0.15) is 5.10 Å². The highest BCUT2D eigenvalue weighted by Gasteiger charge is 2.25. The fraction of sp³-hybridized carbons (Fsp3) is 0.421. The molecule has 2 aromatic rings. The predicted molar refractivity (Wildman–Crippen MR) is 94.8 cm³/mol. The number of nitrogens with zero attached hydrogens (tertiary/aromatic N) is 3. The Bertz CT molecular complexity index is 816. The summed E-state index contributed by atoms with van der Waals surface area (Å²) in [4.78, 5) is 25.8. The molecule has 0 unspecified atom stereocenters. The first-order chi connectivity index (χ1) is 12.4. The second-order valence-corrected chi connectivity index (χ2v) is 6.84. The molecular weight excluding hydrogens is 335 g/mol. The van der Waals surface area contributed by atoms with Crippen LogP contribution in [0.5, 0.6) is 0 Å². The number of aromatic nitrogens is 2. The van der Waals surface area contributed by atoms with Crippen molar-refractivity contribution >= 4 is 11.8 Å². The Labute approximate surface area is 152 Å². The molecule has 0 bridgehead atoms. The van der Waals surface area contributed by atoms with Crippen LogP contribution in [0.2, 0.25) is 0 Å². The van der Waals surface area contributed by atoms with Crippen molar-refractivity contribution in [2.45, 2.75) is 38.3 Å². The number of halogens is 1. The Kier molecular flexibility index (Phi) is 5.35. The van der Waals surface area contributed by atoms with E-state index in [1.807, 2.05) is 6.20 Å². The lowest BCUT2D eigenvalue weighted by molar-refractivity contribution is -0.129. The molecule has 0 saturated carbocycles. The highest BCUT2D eigenvalue weighted by atomic mass is 19.1. The Morgan fingerprint density at radius 3 is 2.92 bits per heavy atom. The van der Waals surface area contributed by atoms with Crippen LogP contribution in [0, 0.1) is 5.82 Å². The Hall–Kier alpha value is -2.70. The number of carbonyl (C=O) groups is 2. The van der Waals surface area contributed by atoms with E-state index in [4.69, 9.17) is 0 Å². The summed E-state index contributed by atoms with van der Waals surface area (Å²) in [5.41, 5.74) is 2.54. The smallest absolute Gasteiger partial charge is 0.243 e. The van der Waals surface area contributed by atoms with Crippen LogP contribution in [-0.2, 0) is 29.0 Å². The van der Waals surface area contributed by atoms with Gasteiger partial charge in [-0.1, -0.05) is 12.1 Å². The largest absolute Gasteiger partial charge is 0.347 e. The van der Waals surface area contributed by atoms with Crippen molar-refractivity contribution in [2.75, 3.05) is 14.1 Å². The number of benzene rings is 1. The van der Waals surface area contributed by atoms with Crippen LogP contribution in [-0.4, -0.2) is 40.6 Å². The van der Waals surface area contributed by atoms with Gasteiger partial charge in [-0.25, -0.2) is 4.39 Å². The van der Waals surface area contributed by atoms with Crippen LogP contribution in [0.3, 0.4) is 0 Å². The average Bonchev–Trinajstić information content (AvgIpc) is 2.98. The van der Waals surface area contributed by atoms with Gasteiger partial charge >= 0.3 is 0 Å². The lowest BCUT2D eigenvalue weighted by Gasteiger charge is -2.22. The number of hydrogen-bond acceptors (Lipinski definition) is 3. The van der Waals surface area contributed by atoms with Gasteiger partial charge in [0.25, 0.3) is 0 Å². The van der Waals surface area contributed by atoms with Gasteiger partial charge in [0.05, 0.1) is 18.2 Å². The maximum absolute atomic E-state index is 13.3. The number of aryl methyl sites for hydroxylation is 1. The van der Waals surface area contributed by atoms with E-state index in [9.17, 15) is 14.0 Å². The molecule has 0 fully saturated rings. The van der Waals surface area contributed by atoms with E-state index in [0.29, 0.717) is 5.56 Å². The topological polar surface area (TPSA) is 67.2 Å². The SMILES string of the molecule is CN(C)C(=O)Cn1cc2c(n1)[C@H](NC(=O)Cc1cccc(F)c1)CCC2. The van der Waals surface area contributed by atoms with Crippen LogP contribution < -0.4 is 5.32 Å². The van der Waals surface area contributed by atoms with E-state index >= 15 is 0 Å². The molecule has 1 heterocycles. The van der Waals surface area contributed by atoms with Crippen molar-refractivity contribution < 1.29 is 14.0 Å². The summed E-state index contributed by atoms with van der Waals surface area (Å²) in [5.74, 6) is -0.538. The molecule has 138 valence electrons. The standard InChI is InChI=1S/C19H23FN4O2/c1-23(2)18(26)12-24-11-14-6-4-8-16(19(14)22-24)21-17(25)10-13-5-3-7-15(20)9-13/h3,5,7,9,11,16H,4,6,8,10,12H2,1-2H3,(H,21,25)/t16-/m1/s1. The van der Waals surface area contributed by atoms with Crippen LogP contribution in [0.25, 0.3) is 0 Å². The third-order valence-corrected chi connectivity index (χ3v) is 4.52. The number of carbonyl (C=O) groups excluding carboxylic acids is 2. The number of likely N-dealkylation sites (N-methyl/N-ethyl adjacent to an activating group) is 1. The van der Waals surface area contributed by atoms with E-state index < -0.39 is 0 Å². The number of rotatable bonds is 5. The fourth-order valence-corrected chi connectivity index (χ4v) is 3.18. The normalized spacial score (nSPS) is 16.0. The Morgan fingerprint density at radius 1 is 1.38 bits per heavy atom. The van der Waals surface area contributed by atoms with Crippen molar-refractivity contribution in [1.29, 1.82) is 0 Å². The molecule has 6 nitrogen and oxygen atoms in total. The quantitative estimate of drug-likeness (QED) is 0.887. The zero-order valence-corrected chi connectivity index (χ0v) is 15.0. The van der Waals surface area contributed by atoms with E-state index in [1.54, 1.807) is 30.9 Å². The summed E-state index contributed by atoms with van der Waals surface area (Å²) >= 11 is 0. The molecule has 3 rings (SSSR count). The van der Waals surface area contributed by atoms with Gasteiger partial charge in [0, 0.05) is 20.3 Å². The van der Waals surface area contributed by atoms with E-state index in [-0.39, 0.29) is 36.6 Å².